The van der Waals surface area contributed by atoms with Gasteiger partial charge in [0.15, 0.2) is 0 Å². The summed E-state index contributed by atoms with van der Waals surface area (Å²) in [5.74, 6) is 0. The number of halogens is 6. The third-order valence-electron chi connectivity index (χ3n) is 4.50. The molecule has 0 atom stereocenters. The van der Waals surface area contributed by atoms with E-state index >= 15 is 0 Å². The van der Waals surface area contributed by atoms with E-state index in [0.29, 0.717) is 42.6 Å². The predicted octanol–water partition coefficient (Wildman–Crippen LogP) is 7.50. The first-order valence-electron chi connectivity index (χ1n) is 9.98. The fraction of sp³-hybridized carbons (Fsp3) is 0. The van der Waals surface area contributed by atoms with Gasteiger partial charge in [0.1, 0.15) is 0 Å². The SMILES string of the molecule is O/N=C(/c1[c-]cc(Cl)cc1)c1ccc(Cl)cc1.O/N=C(/c1[c-]cc(Cl)cc1)c1ccc(Cl)cc1.[ClH+][Pd][ClH+].[Pd]. The van der Waals surface area contributed by atoms with Gasteiger partial charge in [0.05, 0.1) is 0 Å². The second-order valence-electron chi connectivity index (χ2n) is 6.80. The van der Waals surface area contributed by atoms with E-state index in [-0.39, 0.29) is 36.4 Å². The molecule has 0 aliphatic carbocycles. The average molecular weight is 816 g/mol. The summed E-state index contributed by atoms with van der Waals surface area (Å²) in [6.07, 6.45) is 0. The van der Waals surface area contributed by atoms with Crippen molar-refractivity contribution in [1.29, 1.82) is 0 Å². The molecule has 0 bridgehead atoms. The van der Waals surface area contributed by atoms with Gasteiger partial charge < -0.3 is 10.4 Å². The summed E-state index contributed by atoms with van der Waals surface area (Å²) >= 11 is 23.3. The molecular formula is C26H18Cl6N2O2Pd2. The van der Waals surface area contributed by atoms with Gasteiger partial charge >= 0.3 is 35.0 Å². The molecule has 0 heterocycles. The smallest absolute Gasteiger partial charge is 0 e. The van der Waals surface area contributed by atoms with Crippen LogP contribution in [0.25, 0.3) is 0 Å². The Hall–Kier alpha value is -1.12. The zero-order chi connectivity index (χ0) is 27.2. The summed E-state index contributed by atoms with van der Waals surface area (Å²) in [6, 6.07) is 30.1. The second-order valence-corrected chi connectivity index (χ2v) is 11.3. The van der Waals surface area contributed by atoms with E-state index in [4.69, 9.17) is 56.8 Å². The summed E-state index contributed by atoms with van der Waals surface area (Å²) < 4.78 is 0. The van der Waals surface area contributed by atoms with Crippen LogP contribution in [0.3, 0.4) is 0 Å². The molecule has 2 N–H and O–H groups in total. The average Bonchev–Trinajstić information content (AvgIpc) is 2.90. The third kappa shape index (κ3) is 11.6. The second kappa shape index (κ2) is 19.0. The molecule has 0 spiro atoms. The van der Waals surface area contributed by atoms with Crippen LogP contribution in [-0.4, -0.2) is 21.8 Å². The molecule has 0 aromatic heterocycles. The standard InChI is InChI=1S/2C13H8Cl2NO.2ClH.2Pd/c2*14-11-5-1-9(2-6-11)13(16-17)10-3-7-12(15)8-4-10;;;;/h2*1-3,5-8,17H;2*1H;;/q2*-1;;;;+2/b2*16-13+;;;;. The first-order valence-corrected chi connectivity index (χ1v) is 15.8. The summed E-state index contributed by atoms with van der Waals surface area (Å²) in [6.45, 7) is 0. The molecule has 4 rings (SSSR count). The quantitative estimate of drug-likeness (QED) is 0.0738. The maximum absolute atomic E-state index is 9.07. The van der Waals surface area contributed by atoms with Crippen molar-refractivity contribution in [3.8, 4) is 0 Å². The van der Waals surface area contributed by atoms with Gasteiger partial charge in [-0.2, -0.15) is 0 Å². The van der Waals surface area contributed by atoms with Crippen molar-refractivity contribution in [3.63, 3.8) is 0 Å². The Labute approximate surface area is 270 Å². The van der Waals surface area contributed by atoms with Crippen molar-refractivity contribution >= 4 is 57.8 Å². The van der Waals surface area contributed by atoms with Crippen LogP contribution in [-0.2, 0) is 36.4 Å². The minimum Gasteiger partial charge on any atom is 0 e. The van der Waals surface area contributed by atoms with E-state index in [2.05, 4.69) is 41.5 Å². The Kier molecular flexibility index (Phi) is 17.5. The molecule has 0 aliphatic heterocycles. The zero-order valence-corrected chi connectivity index (χ0v) is 26.6. The van der Waals surface area contributed by atoms with Crippen molar-refractivity contribution in [2.75, 3.05) is 0 Å². The first-order chi connectivity index (χ1) is 17.8. The molecule has 0 aliphatic rings. The molecule has 206 valence electrons. The third-order valence-corrected chi connectivity index (χ3v) is 5.47. The summed E-state index contributed by atoms with van der Waals surface area (Å²) in [4.78, 5) is 0. The minimum atomic E-state index is 0. The number of rotatable bonds is 4. The van der Waals surface area contributed by atoms with Gasteiger partial charge in [0.2, 0.25) is 0 Å². The molecule has 4 nitrogen and oxygen atoms in total. The van der Waals surface area contributed by atoms with Crippen molar-refractivity contribution in [1.82, 2.24) is 0 Å². The van der Waals surface area contributed by atoms with Gasteiger partial charge in [-0.25, -0.2) is 0 Å². The van der Waals surface area contributed by atoms with Gasteiger partial charge in [-0.3, -0.25) is 0 Å². The molecule has 0 saturated heterocycles. The largest absolute Gasteiger partial charge is 0 e. The molecule has 0 amide bonds. The van der Waals surface area contributed by atoms with Crippen molar-refractivity contribution < 1.29 is 65.8 Å². The Balaban J connectivity index is 0.000000337. The maximum Gasteiger partial charge on any atom is 0 e. The minimum absolute atomic E-state index is 0. The fourth-order valence-corrected chi connectivity index (χ4v) is 3.34. The van der Waals surface area contributed by atoms with Crippen LogP contribution in [0.15, 0.2) is 95.2 Å². The van der Waals surface area contributed by atoms with Crippen LogP contribution in [0.2, 0.25) is 20.1 Å². The Morgan fingerprint density at radius 3 is 1.11 bits per heavy atom. The molecule has 0 fully saturated rings. The van der Waals surface area contributed by atoms with Gasteiger partial charge in [-0.1, -0.05) is 47.5 Å². The Bertz CT molecular complexity index is 1110. The number of oxime groups is 2. The summed E-state index contributed by atoms with van der Waals surface area (Å²) in [5, 5.41) is 27.2. The summed E-state index contributed by atoms with van der Waals surface area (Å²) in [7, 11) is 8.52. The number of hydrogen-bond acceptors (Lipinski definition) is 4. The number of benzene rings is 4. The number of nitrogens with zero attached hydrogens (tertiary/aromatic N) is 2. The molecule has 4 aromatic carbocycles. The van der Waals surface area contributed by atoms with Gasteiger partial charge in [0, 0.05) is 41.9 Å². The molecule has 0 radical (unpaired) electrons. The summed E-state index contributed by atoms with van der Waals surface area (Å²) in [5.41, 5.74) is 3.71. The van der Waals surface area contributed by atoms with Crippen LogP contribution in [0.5, 0.6) is 0 Å². The molecule has 0 unspecified atom stereocenters. The van der Waals surface area contributed by atoms with E-state index in [1.807, 2.05) is 0 Å². The fourth-order valence-electron chi connectivity index (χ4n) is 2.86. The van der Waals surface area contributed by atoms with Crippen molar-refractivity contribution in [3.05, 3.63) is 139 Å². The molecule has 12 heteroatoms. The van der Waals surface area contributed by atoms with Crippen LogP contribution in [0.4, 0.5) is 0 Å². The topological polar surface area (TPSA) is 65.2 Å². The van der Waals surface area contributed by atoms with Crippen LogP contribution < -0.4 is 0 Å². The zero-order valence-electron chi connectivity index (χ0n) is 18.8. The van der Waals surface area contributed by atoms with E-state index in [0.717, 1.165) is 11.1 Å². The first kappa shape index (κ1) is 34.9. The predicted molar refractivity (Wildman–Crippen MR) is 141 cm³/mol. The van der Waals surface area contributed by atoms with Crippen LogP contribution in [0, 0.1) is 31.2 Å². The van der Waals surface area contributed by atoms with Gasteiger partial charge in [-0.05, 0) is 45.4 Å². The Morgan fingerprint density at radius 1 is 0.579 bits per heavy atom. The molecular weight excluding hydrogens is 798 g/mol. The monoisotopic (exact) mass is 812 g/mol. The van der Waals surface area contributed by atoms with E-state index in [9.17, 15) is 0 Å². The van der Waals surface area contributed by atoms with Gasteiger partial charge in [-0.15, -0.1) is 93.2 Å². The van der Waals surface area contributed by atoms with Crippen molar-refractivity contribution in [2.45, 2.75) is 0 Å². The normalized spacial score (nSPS) is 10.9. The number of hydrogen-bond donors (Lipinski definition) is 2. The molecule has 0 saturated carbocycles. The van der Waals surface area contributed by atoms with E-state index in [1.54, 1.807) is 84.9 Å². The Morgan fingerprint density at radius 2 is 0.868 bits per heavy atom. The van der Waals surface area contributed by atoms with Gasteiger partial charge in [0.25, 0.3) is 0 Å². The van der Waals surface area contributed by atoms with Crippen LogP contribution in [0.1, 0.15) is 22.3 Å². The van der Waals surface area contributed by atoms with E-state index in [1.165, 1.54) is 0 Å². The van der Waals surface area contributed by atoms with Crippen LogP contribution >= 0.6 is 46.4 Å². The van der Waals surface area contributed by atoms with Crippen molar-refractivity contribution in [2.24, 2.45) is 10.3 Å². The molecule has 4 aromatic rings. The van der Waals surface area contributed by atoms with E-state index < -0.39 is 0 Å². The molecule has 38 heavy (non-hydrogen) atoms. The maximum atomic E-state index is 9.07.